The summed E-state index contributed by atoms with van der Waals surface area (Å²) in [7, 11) is 0. The molecule has 0 bridgehead atoms. The average Bonchev–Trinajstić information content (AvgIpc) is 2.80. The molecule has 29 heavy (non-hydrogen) atoms. The number of anilines is 3. The first-order chi connectivity index (χ1) is 14.2. The lowest BCUT2D eigenvalue weighted by Crippen LogP contribution is -2.53. The summed E-state index contributed by atoms with van der Waals surface area (Å²) in [5.74, 6) is 0.776. The van der Waals surface area contributed by atoms with Crippen molar-refractivity contribution in [1.82, 2.24) is 14.9 Å². The Hall–Kier alpha value is -2.71. The quantitative estimate of drug-likeness (QED) is 0.820. The fourth-order valence-electron chi connectivity index (χ4n) is 3.75. The third kappa shape index (κ3) is 4.83. The second-order valence-electron chi connectivity index (χ2n) is 7.38. The molecular formula is C21H28N6O2. The van der Waals surface area contributed by atoms with Gasteiger partial charge in [0.15, 0.2) is 0 Å². The van der Waals surface area contributed by atoms with Gasteiger partial charge in [0, 0.05) is 63.0 Å². The number of morpholine rings is 1. The molecule has 2 aliphatic rings. The molecule has 1 aromatic carbocycles. The molecule has 154 valence electrons. The van der Waals surface area contributed by atoms with E-state index in [1.165, 1.54) is 5.69 Å². The Balaban J connectivity index is 1.28. The van der Waals surface area contributed by atoms with Crippen LogP contribution < -0.4 is 15.1 Å². The van der Waals surface area contributed by atoms with Crippen LogP contribution in [-0.2, 0) is 9.53 Å². The predicted octanol–water partition coefficient (Wildman–Crippen LogP) is 1.46. The number of rotatable bonds is 5. The Morgan fingerprint density at radius 1 is 0.966 bits per heavy atom. The topological polar surface area (TPSA) is 73.8 Å². The van der Waals surface area contributed by atoms with Crippen molar-refractivity contribution in [2.45, 2.75) is 13.0 Å². The van der Waals surface area contributed by atoms with E-state index < -0.39 is 0 Å². The fourth-order valence-corrected chi connectivity index (χ4v) is 3.75. The molecule has 0 spiro atoms. The van der Waals surface area contributed by atoms with Crippen molar-refractivity contribution in [3.8, 4) is 0 Å². The van der Waals surface area contributed by atoms with Gasteiger partial charge >= 0.3 is 0 Å². The third-order valence-electron chi connectivity index (χ3n) is 5.59. The SMILES string of the molecule is C[C@@H](C(=O)Nc1ccc(N2CCOCC2)cc1)N1CCN(c2ncccn2)CC1. The van der Waals surface area contributed by atoms with Gasteiger partial charge in [0.05, 0.1) is 19.3 Å². The highest BCUT2D eigenvalue weighted by atomic mass is 16.5. The van der Waals surface area contributed by atoms with E-state index in [1.807, 2.05) is 25.1 Å². The van der Waals surface area contributed by atoms with Crippen LogP contribution in [0.2, 0.25) is 0 Å². The number of amides is 1. The van der Waals surface area contributed by atoms with E-state index in [-0.39, 0.29) is 11.9 Å². The van der Waals surface area contributed by atoms with E-state index in [1.54, 1.807) is 12.4 Å². The zero-order valence-electron chi connectivity index (χ0n) is 16.8. The van der Waals surface area contributed by atoms with Crippen LogP contribution in [0.1, 0.15) is 6.92 Å². The van der Waals surface area contributed by atoms with Gasteiger partial charge in [-0.15, -0.1) is 0 Å². The van der Waals surface area contributed by atoms with Gasteiger partial charge in [-0.05, 0) is 37.3 Å². The third-order valence-corrected chi connectivity index (χ3v) is 5.59. The summed E-state index contributed by atoms with van der Waals surface area (Å²) in [6.45, 7) is 8.55. The molecule has 1 aromatic heterocycles. The highest BCUT2D eigenvalue weighted by Gasteiger charge is 2.26. The highest BCUT2D eigenvalue weighted by Crippen LogP contribution is 2.20. The van der Waals surface area contributed by atoms with Gasteiger partial charge < -0.3 is 19.9 Å². The molecule has 0 aliphatic carbocycles. The minimum atomic E-state index is -0.187. The van der Waals surface area contributed by atoms with Crippen LogP contribution >= 0.6 is 0 Å². The first-order valence-corrected chi connectivity index (χ1v) is 10.2. The zero-order valence-corrected chi connectivity index (χ0v) is 16.8. The van der Waals surface area contributed by atoms with Crippen molar-refractivity contribution in [2.24, 2.45) is 0 Å². The molecule has 2 aliphatic heterocycles. The Labute approximate surface area is 171 Å². The molecule has 2 fully saturated rings. The summed E-state index contributed by atoms with van der Waals surface area (Å²) < 4.78 is 5.40. The highest BCUT2D eigenvalue weighted by molar-refractivity contribution is 5.94. The largest absolute Gasteiger partial charge is 0.378 e. The van der Waals surface area contributed by atoms with Crippen molar-refractivity contribution in [3.05, 3.63) is 42.7 Å². The number of aromatic nitrogens is 2. The Kier molecular flexibility index (Phi) is 6.21. The zero-order chi connectivity index (χ0) is 20.1. The molecule has 4 rings (SSSR count). The first-order valence-electron chi connectivity index (χ1n) is 10.2. The lowest BCUT2D eigenvalue weighted by molar-refractivity contribution is -0.120. The molecule has 0 unspecified atom stereocenters. The van der Waals surface area contributed by atoms with E-state index >= 15 is 0 Å². The smallest absolute Gasteiger partial charge is 0.241 e. The minimum Gasteiger partial charge on any atom is -0.378 e. The van der Waals surface area contributed by atoms with E-state index in [4.69, 9.17) is 4.74 Å². The number of nitrogens with one attached hydrogen (secondary N) is 1. The Morgan fingerprint density at radius 3 is 2.28 bits per heavy atom. The summed E-state index contributed by atoms with van der Waals surface area (Å²) in [6.07, 6.45) is 3.52. The second kappa shape index (κ2) is 9.19. The number of piperazine rings is 1. The number of carbonyl (C=O) groups is 1. The molecule has 1 atom stereocenters. The molecule has 3 heterocycles. The molecule has 1 N–H and O–H groups in total. The second-order valence-corrected chi connectivity index (χ2v) is 7.38. The number of carbonyl (C=O) groups excluding carboxylic acids is 1. The predicted molar refractivity (Wildman–Crippen MR) is 113 cm³/mol. The van der Waals surface area contributed by atoms with Gasteiger partial charge in [0.25, 0.3) is 0 Å². The maximum Gasteiger partial charge on any atom is 0.241 e. The Morgan fingerprint density at radius 2 is 1.62 bits per heavy atom. The number of benzene rings is 1. The van der Waals surface area contributed by atoms with Crippen LogP contribution in [0, 0.1) is 0 Å². The lowest BCUT2D eigenvalue weighted by atomic mass is 10.2. The lowest BCUT2D eigenvalue weighted by Gasteiger charge is -2.37. The summed E-state index contributed by atoms with van der Waals surface area (Å²) in [5, 5.41) is 3.05. The van der Waals surface area contributed by atoms with Crippen molar-refractivity contribution >= 4 is 23.2 Å². The van der Waals surface area contributed by atoms with Crippen LogP contribution in [0.15, 0.2) is 42.7 Å². The van der Waals surface area contributed by atoms with Crippen molar-refractivity contribution in [2.75, 3.05) is 67.6 Å². The number of hydrogen-bond donors (Lipinski definition) is 1. The maximum absolute atomic E-state index is 12.7. The van der Waals surface area contributed by atoms with Crippen LogP contribution in [0.25, 0.3) is 0 Å². The van der Waals surface area contributed by atoms with Crippen LogP contribution in [0.5, 0.6) is 0 Å². The number of hydrogen-bond acceptors (Lipinski definition) is 7. The Bertz CT molecular complexity index is 787. The summed E-state index contributed by atoms with van der Waals surface area (Å²) in [5.41, 5.74) is 1.99. The van der Waals surface area contributed by atoms with Crippen molar-refractivity contribution < 1.29 is 9.53 Å². The van der Waals surface area contributed by atoms with Crippen LogP contribution in [0.3, 0.4) is 0 Å². The molecule has 2 aromatic rings. The monoisotopic (exact) mass is 396 g/mol. The standard InChI is InChI=1S/C21H28N6O2/c1-17(25-9-11-27(12-10-25)21-22-7-2-8-23-21)20(28)24-18-3-5-19(6-4-18)26-13-15-29-16-14-26/h2-8,17H,9-16H2,1H3,(H,24,28)/t17-/m0/s1. The van der Waals surface area contributed by atoms with Gasteiger partial charge in [0.1, 0.15) is 0 Å². The van der Waals surface area contributed by atoms with Gasteiger partial charge in [-0.3, -0.25) is 9.69 Å². The molecule has 2 saturated heterocycles. The molecule has 0 radical (unpaired) electrons. The molecule has 0 saturated carbocycles. The van der Waals surface area contributed by atoms with Gasteiger partial charge in [-0.2, -0.15) is 0 Å². The fraction of sp³-hybridized carbons (Fsp3) is 0.476. The summed E-state index contributed by atoms with van der Waals surface area (Å²) in [4.78, 5) is 28.0. The van der Waals surface area contributed by atoms with Crippen molar-refractivity contribution in [1.29, 1.82) is 0 Å². The number of nitrogens with zero attached hydrogens (tertiary/aromatic N) is 5. The van der Waals surface area contributed by atoms with Crippen LogP contribution in [0.4, 0.5) is 17.3 Å². The molecular weight excluding hydrogens is 368 g/mol. The van der Waals surface area contributed by atoms with Gasteiger partial charge in [-0.25, -0.2) is 9.97 Å². The number of ether oxygens (including phenoxy) is 1. The molecule has 8 heteroatoms. The minimum absolute atomic E-state index is 0.0218. The maximum atomic E-state index is 12.7. The summed E-state index contributed by atoms with van der Waals surface area (Å²) in [6, 6.07) is 9.70. The van der Waals surface area contributed by atoms with Gasteiger partial charge in [-0.1, -0.05) is 0 Å². The van der Waals surface area contributed by atoms with E-state index in [0.717, 1.165) is 64.1 Å². The summed E-state index contributed by atoms with van der Waals surface area (Å²) >= 11 is 0. The van der Waals surface area contributed by atoms with Crippen molar-refractivity contribution in [3.63, 3.8) is 0 Å². The van der Waals surface area contributed by atoms with Crippen LogP contribution in [-0.4, -0.2) is 79.3 Å². The molecule has 8 nitrogen and oxygen atoms in total. The van der Waals surface area contributed by atoms with E-state index in [9.17, 15) is 4.79 Å². The molecule has 1 amide bonds. The normalized spacial score (nSPS) is 19.1. The first kappa shape index (κ1) is 19.6. The average molecular weight is 396 g/mol. The van der Waals surface area contributed by atoms with E-state index in [0.29, 0.717) is 0 Å². The van der Waals surface area contributed by atoms with E-state index in [2.05, 4.69) is 42.1 Å². The van der Waals surface area contributed by atoms with Gasteiger partial charge in [0.2, 0.25) is 11.9 Å².